The number of amides is 2. The number of aryl methyl sites for hydroxylation is 1. The number of carbonyl (C=O) groups is 2. The van der Waals surface area contributed by atoms with Crippen LogP contribution in [-0.2, 0) is 11.2 Å². The highest BCUT2D eigenvalue weighted by atomic mass is 19.1. The number of nitrogens with one attached hydrogen (secondary N) is 3. The third kappa shape index (κ3) is 4.00. The second kappa shape index (κ2) is 8.28. The summed E-state index contributed by atoms with van der Waals surface area (Å²) in [5.74, 6) is -0.904. The van der Waals surface area contributed by atoms with Crippen molar-refractivity contribution >= 4 is 28.6 Å². The van der Waals surface area contributed by atoms with Crippen LogP contribution < -0.4 is 10.6 Å². The lowest BCUT2D eigenvalue weighted by Gasteiger charge is -2.19. The molecule has 2 heterocycles. The van der Waals surface area contributed by atoms with E-state index >= 15 is 0 Å². The second-order valence-electron chi connectivity index (χ2n) is 8.46. The Morgan fingerprint density at radius 2 is 2.10 bits per heavy atom. The molecular formula is C23H27FN4O3. The smallest absolute Gasteiger partial charge is 0.256 e. The normalized spacial score (nSPS) is 18.6. The molecular weight excluding hydrogens is 399 g/mol. The van der Waals surface area contributed by atoms with E-state index in [0.29, 0.717) is 47.5 Å². The van der Waals surface area contributed by atoms with Gasteiger partial charge in [0.15, 0.2) is 0 Å². The zero-order chi connectivity index (χ0) is 22.3. The number of rotatable bonds is 5. The van der Waals surface area contributed by atoms with Gasteiger partial charge in [0.05, 0.1) is 17.2 Å². The minimum absolute atomic E-state index is 0.152. The lowest BCUT2D eigenvalue weighted by atomic mass is 9.86. The molecule has 164 valence electrons. The molecule has 31 heavy (non-hydrogen) atoms. The molecule has 4 rings (SSSR count). The number of aliphatic hydroxyl groups is 1. The van der Waals surface area contributed by atoms with Crippen LogP contribution in [0.3, 0.4) is 0 Å². The number of carbonyl (C=O) groups excluding carboxylic acids is 2. The lowest BCUT2D eigenvalue weighted by molar-refractivity contribution is -0.110. The molecule has 2 amide bonds. The number of aromatic nitrogens is 1. The van der Waals surface area contributed by atoms with Crippen LogP contribution in [0.1, 0.15) is 45.7 Å². The highest BCUT2D eigenvalue weighted by molar-refractivity contribution is 6.36. The Morgan fingerprint density at radius 3 is 2.84 bits per heavy atom. The number of allylic oxidation sites excluding steroid dienone is 1. The van der Waals surface area contributed by atoms with E-state index in [0.717, 1.165) is 23.3 Å². The first-order valence-electron chi connectivity index (χ1n) is 10.4. The SMILES string of the molecule is Cc1[nH]c2c(c1C(=O)NCC(O)CN(C)C)CCC/C2=C1/C(=O)Nc2ccc(F)cc21. The Morgan fingerprint density at radius 1 is 1.32 bits per heavy atom. The largest absolute Gasteiger partial charge is 0.390 e. The molecule has 0 bridgehead atoms. The molecule has 7 nitrogen and oxygen atoms in total. The zero-order valence-electron chi connectivity index (χ0n) is 17.9. The van der Waals surface area contributed by atoms with Crippen LogP contribution in [-0.4, -0.2) is 60.1 Å². The quantitative estimate of drug-likeness (QED) is 0.552. The molecule has 2 aromatic rings. The van der Waals surface area contributed by atoms with E-state index in [4.69, 9.17) is 0 Å². The number of anilines is 1. The van der Waals surface area contributed by atoms with Crippen molar-refractivity contribution < 1.29 is 19.1 Å². The summed E-state index contributed by atoms with van der Waals surface area (Å²) in [6, 6.07) is 4.27. The molecule has 1 unspecified atom stereocenters. The number of halogens is 1. The van der Waals surface area contributed by atoms with E-state index in [-0.39, 0.29) is 18.4 Å². The predicted molar refractivity (Wildman–Crippen MR) is 117 cm³/mol. The molecule has 0 saturated carbocycles. The minimum Gasteiger partial charge on any atom is -0.390 e. The fraction of sp³-hybridized carbons (Fsp3) is 0.391. The maximum atomic E-state index is 13.9. The molecule has 1 aliphatic heterocycles. The van der Waals surface area contributed by atoms with Crippen molar-refractivity contribution in [3.8, 4) is 0 Å². The molecule has 0 radical (unpaired) electrons. The van der Waals surface area contributed by atoms with Gasteiger partial charge in [-0.3, -0.25) is 9.59 Å². The number of hydrogen-bond donors (Lipinski definition) is 4. The van der Waals surface area contributed by atoms with Gasteiger partial charge in [0.25, 0.3) is 11.8 Å². The summed E-state index contributed by atoms with van der Waals surface area (Å²) in [6.45, 7) is 2.43. The van der Waals surface area contributed by atoms with Crippen molar-refractivity contribution in [3.63, 3.8) is 0 Å². The van der Waals surface area contributed by atoms with E-state index in [1.54, 1.807) is 6.07 Å². The van der Waals surface area contributed by atoms with Crippen molar-refractivity contribution in [2.75, 3.05) is 32.5 Å². The van der Waals surface area contributed by atoms with Gasteiger partial charge in [-0.1, -0.05) is 0 Å². The van der Waals surface area contributed by atoms with E-state index in [1.807, 2.05) is 25.9 Å². The van der Waals surface area contributed by atoms with Crippen molar-refractivity contribution in [3.05, 3.63) is 52.1 Å². The summed E-state index contributed by atoms with van der Waals surface area (Å²) in [4.78, 5) is 30.8. The van der Waals surface area contributed by atoms with Crippen LogP contribution in [0.2, 0.25) is 0 Å². The van der Waals surface area contributed by atoms with Gasteiger partial charge in [-0.2, -0.15) is 0 Å². The number of hydrogen-bond acceptors (Lipinski definition) is 4. The molecule has 1 aliphatic carbocycles. The van der Waals surface area contributed by atoms with Crippen LogP contribution in [0.4, 0.5) is 10.1 Å². The fourth-order valence-corrected chi connectivity index (χ4v) is 4.53. The van der Waals surface area contributed by atoms with Crippen molar-refractivity contribution in [2.24, 2.45) is 0 Å². The first kappa shape index (κ1) is 21.3. The maximum Gasteiger partial charge on any atom is 0.256 e. The summed E-state index contributed by atoms with van der Waals surface area (Å²) in [5, 5.41) is 15.7. The number of fused-ring (bicyclic) bond motifs is 2. The van der Waals surface area contributed by atoms with Crippen LogP contribution >= 0.6 is 0 Å². The Labute approximate surface area is 180 Å². The molecule has 4 N–H and O–H groups in total. The Bertz CT molecular complexity index is 1090. The number of likely N-dealkylation sites (N-methyl/N-ethyl adjacent to an activating group) is 1. The predicted octanol–water partition coefficient (Wildman–Crippen LogP) is 2.31. The third-order valence-electron chi connectivity index (χ3n) is 5.78. The Balaban J connectivity index is 1.69. The molecule has 1 atom stereocenters. The average Bonchev–Trinajstić information content (AvgIpc) is 3.20. The van der Waals surface area contributed by atoms with Gasteiger partial charge >= 0.3 is 0 Å². The number of H-pyrrole nitrogens is 1. The van der Waals surface area contributed by atoms with Gasteiger partial charge in [0.2, 0.25) is 0 Å². The van der Waals surface area contributed by atoms with Crippen molar-refractivity contribution in [1.29, 1.82) is 0 Å². The third-order valence-corrected chi connectivity index (χ3v) is 5.78. The summed E-state index contributed by atoms with van der Waals surface area (Å²) in [6.07, 6.45) is 1.48. The first-order valence-corrected chi connectivity index (χ1v) is 10.4. The maximum absolute atomic E-state index is 13.9. The lowest BCUT2D eigenvalue weighted by Crippen LogP contribution is -2.38. The monoisotopic (exact) mass is 426 g/mol. The average molecular weight is 426 g/mol. The number of benzene rings is 1. The highest BCUT2D eigenvalue weighted by Crippen LogP contribution is 2.43. The van der Waals surface area contributed by atoms with E-state index in [9.17, 15) is 19.1 Å². The minimum atomic E-state index is -0.666. The summed E-state index contributed by atoms with van der Waals surface area (Å²) in [5.41, 5.74) is 5.32. The number of nitrogens with zero attached hydrogens (tertiary/aromatic N) is 1. The van der Waals surface area contributed by atoms with Gasteiger partial charge < -0.3 is 25.6 Å². The van der Waals surface area contributed by atoms with Gasteiger partial charge in [-0.05, 0) is 69.6 Å². The van der Waals surface area contributed by atoms with E-state index in [1.165, 1.54) is 12.1 Å². The van der Waals surface area contributed by atoms with Crippen LogP contribution in [0, 0.1) is 12.7 Å². The summed E-state index contributed by atoms with van der Waals surface area (Å²) < 4.78 is 13.9. The van der Waals surface area contributed by atoms with Gasteiger partial charge in [-0.25, -0.2) is 4.39 Å². The Hall–Kier alpha value is -2.97. The standard InChI is InChI=1S/C23H27FN4O3/c1-12-19(22(30)25-10-14(29)11-28(2)3)15-5-4-6-16(21(15)26-12)20-17-9-13(24)7-8-18(17)27-23(20)31/h7-9,14,26,29H,4-6,10-11H2,1-3H3,(H,25,30)(H,27,31)/b20-16-. The number of aromatic amines is 1. The van der Waals surface area contributed by atoms with Crippen LogP contribution in [0.25, 0.3) is 11.1 Å². The second-order valence-corrected chi connectivity index (χ2v) is 8.46. The zero-order valence-corrected chi connectivity index (χ0v) is 17.9. The molecule has 1 aromatic heterocycles. The van der Waals surface area contributed by atoms with Crippen molar-refractivity contribution in [1.82, 2.24) is 15.2 Å². The van der Waals surface area contributed by atoms with Crippen LogP contribution in [0.15, 0.2) is 18.2 Å². The Kier molecular flexibility index (Phi) is 5.68. The molecule has 0 fully saturated rings. The van der Waals surface area contributed by atoms with Gasteiger partial charge in [-0.15, -0.1) is 0 Å². The van der Waals surface area contributed by atoms with Crippen molar-refractivity contribution in [2.45, 2.75) is 32.3 Å². The van der Waals surface area contributed by atoms with E-state index < -0.39 is 11.9 Å². The molecule has 0 saturated heterocycles. The molecule has 2 aliphatic rings. The molecule has 1 aromatic carbocycles. The topological polar surface area (TPSA) is 97.5 Å². The summed E-state index contributed by atoms with van der Waals surface area (Å²) in [7, 11) is 3.71. The fourth-order valence-electron chi connectivity index (χ4n) is 4.53. The first-order chi connectivity index (χ1) is 14.8. The molecule has 0 spiro atoms. The molecule has 8 heteroatoms. The van der Waals surface area contributed by atoms with Gasteiger partial charge in [0.1, 0.15) is 5.82 Å². The van der Waals surface area contributed by atoms with E-state index in [2.05, 4.69) is 15.6 Å². The summed E-state index contributed by atoms with van der Waals surface area (Å²) >= 11 is 0. The van der Waals surface area contributed by atoms with Gasteiger partial charge in [0, 0.05) is 35.7 Å². The highest BCUT2D eigenvalue weighted by Gasteiger charge is 2.33. The number of aliphatic hydroxyl groups excluding tert-OH is 1. The van der Waals surface area contributed by atoms with Crippen LogP contribution in [0.5, 0.6) is 0 Å².